The minimum Gasteiger partial charge on any atom is -0.434 e. The lowest BCUT2D eigenvalue weighted by atomic mass is 10.3. The van der Waals surface area contributed by atoms with E-state index in [9.17, 15) is 18.9 Å². The molecule has 1 aromatic heterocycles. The number of aromatic nitrogens is 2. The van der Waals surface area contributed by atoms with Crippen molar-refractivity contribution in [2.24, 2.45) is 0 Å². The summed E-state index contributed by atoms with van der Waals surface area (Å²) in [6.45, 7) is 0. The van der Waals surface area contributed by atoms with Gasteiger partial charge >= 0.3 is 5.69 Å². The Hall–Kier alpha value is -2.35. The summed E-state index contributed by atoms with van der Waals surface area (Å²) in [4.78, 5) is 16.7. The molecule has 0 atom stereocenters. The van der Waals surface area contributed by atoms with Crippen LogP contribution in [0.15, 0.2) is 24.5 Å². The van der Waals surface area contributed by atoms with Gasteiger partial charge in [0, 0.05) is 6.07 Å². The first-order valence-corrected chi connectivity index (χ1v) is 5.14. The Morgan fingerprint density at radius 2 is 2.00 bits per heavy atom. The Balaban J connectivity index is 2.36. The zero-order chi connectivity index (χ0) is 14.0. The van der Waals surface area contributed by atoms with Crippen molar-refractivity contribution in [2.45, 2.75) is 0 Å². The summed E-state index contributed by atoms with van der Waals surface area (Å²) in [6, 6.07) is 0.971. The predicted molar refractivity (Wildman–Crippen MR) is 60.1 cm³/mol. The van der Waals surface area contributed by atoms with Crippen LogP contribution in [0.2, 0.25) is 5.15 Å². The molecule has 0 spiro atoms. The van der Waals surface area contributed by atoms with Gasteiger partial charge in [0.15, 0.2) is 16.7 Å². The van der Waals surface area contributed by atoms with E-state index in [1.165, 1.54) is 6.20 Å². The first kappa shape index (κ1) is 13.1. The number of nitro benzene ring substituents is 1. The van der Waals surface area contributed by atoms with Crippen LogP contribution in [0.1, 0.15) is 0 Å². The summed E-state index contributed by atoms with van der Waals surface area (Å²) in [6.07, 6.45) is 2.35. The molecule has 1 heterocycles. The molecular formula is C10H4ClF2N3O3. The second kappa shape index (κ2) is 5.11. The number of hydrogen-bond acceptors (Lipinski definition) is 5. The van der Waals surface area contributed by atoms with Gasteiger partial charge in [0.25, 0.3) is 0 Å². The van der Waals surface area contributed by atoms with Crippen molar-refractivity contribution >= 4 is 17.3 Å². The molecule has 0 saturated heterocycles. The SMILES string of the molecule is O=[N+]([O-])c1cc(F)c(Oc2cncc(Cl)n2)cc1F. The zero-order valence-corrected chi connectivity index (χ0v) is 9.77. The Morgan fingerprint density at radius 1 is 1.26 bits per heavy atom. The van der Waals surface area contributed by atoms with Gasteiger partial charge in [-0.15, -0.1) is 0 Å². The van der Waals surface area contributed by atoms with Crippen molar-refractivity contribution in [3.8, 4) is 11.6 Å². The molecule has 2 aromatic rings. The van der Waals surface area contributed by atoms with Crippen LogP contribution in [0.5, 0.6) is 11.6 Å². The smallest absolute Gasteiger partial charge is 0.307 e. The van der Waals surface area contributed by atoms with Crippen LogP contribution in [-0.4, -0.2) is 14.9 Å². The molecule has 0 aliphatic rings. The second-order valence-electron chi connectivity index (χ2n) is 3.27. The van der Waals surface area contributed by atoms with Gasteiger partial charge in [0.1, 0.15) is 0 Å². The predicted octanol–water partition coefficient (Wildman–Crippen LogP) is 3.11. The molecule has 2 rings (SSSR count). The van der Waals surface area contributed by atoms with Crippen molar-refractivity contribution < 1.29 is 18.4 Å². The molecule has 9 heteroatoms. The van der Waals surface area contributed by atoms with Crippen LogP contribution in [0.3, 0.4) is 0 Å². The molecular weight excluding hydrogens is 284 g/mol. The van der Waals surface area contributed by atoms with Crippen LogP contribution >= 0.6 is 11.6 Å². The number of benzene rings is 1. The third-order valence-electron chi connectivity index (χ3n) is 2.00. The van der Waals surface area contributed by atoms with E-state index in [2.05, 4.69) is 9.97 Å². The number of hydrogen-bond donors (Lipinski definition) is 0. The summed E-state index contributed by atoms with van der Waals surface area (Å²) < 4.78 is 31.7. The van der Waals surface area contributed by atoms with E-state index in [0.717, 1.165) is 6.20 Å². The molecule has 19 heavy (non-hydrogen) atoms. The second-order valence-corrected chi connectivity index (χ2v) is 3.66. The number of ether oxygens (including phenoxy) is 1. The van der Waals surface area contributed by atoms with Crippen LogP contribution in [0.4, 0.5) is 14.5 Å². The summed E-state index contributed by atoms with van der Waals surface area (Å²) in [5, 5.41) is 10.4. The Kier molecular flexibility index (Phi) is 3.52. The number of rotatable bonds is 3. The van der Waals surface area contributed by atoms with Gasteiger partial charge in [-0.3, -0.25) is 15.1 Å². The molecule has 0 bridgehead atoms. The number of halogens is 3. The topological polar surface area (TPSA) is 78.2 Å². The molecule has 0 fully saturated rings. The van der Waals surface area contributed by atoms with Gasteiger partial charge in [-0.25, -0.2) is 4.39 Å². The van der Waals surface area contributed by atoms with E-state index >= 15 is 0 Å². The average Bonchev–Trinajstić information content (AvgIpc) is 2.33. The van der Waals surface area contributed by atoms with Crippen LogP contribution in [0, 0.1) is 21.7 Å². The summed E-state index contributed by atoms with van der Waals surface area (Å²) in [7, 11) is 0. The number of nitrogens with zero attached hydrogens (tertiary/aromatic N) is 3. The van der Waals surface area contributed by atoms with Crippen molar-refractivity contribution in [1.29, 1.82) is 0 Å². The van der Waals surface area contributed by atoms with Crippen molar-refractivity contribution in [2.75, 3.05) is 0 Å². The quantitative estimate of drug-likeness (QED) is 0.640. The highest BCUT2D eigenvalue weighted by Gasteiger charge is 2.20. The molecule has 0 unspecified atom stereocenters. The molecule has 6 nitrogen and oxygen atoms in total. The lowest BCUT2D eigenvalue weighted by Gasteiger charge is -2.05. The third-order valence-corrected chi connectivity index (χ3v) is 2.18. The molecule has 0 N–H and O–H groups in total. The Bertz CT molecular complexity index is 654. The highest BCUT2D eigenvalue weighted by molar-refractivity contribution is 6.29. The average molecular weight is 288 g/mol. The molecule has 1 aromatic carbocycles. The van der Waals surface area contributed by atoms with E-state index in [0.29, 0.717) is 12.1 Å². The maximum Gasteiger partial charge on any atom is 0.307 e. The van der Waals surface area contributed by atoms with Crippen molar-refractivity contribution in [3.05, 3.63) is 51.4 Å². The minimum atomic E-state index is -1.23. The normalized spacial score (nSPS) is 10.3. The van der Waals surface area contributed by atoms with Crippen LogP contribution in [-0.2, 0) is 0 Å². The van der Waals surface area contributed by atoms with E-state index in [-0.39, 0.29) is 11.0 Å². The first-order valence-electron chi connectivity index (χ1n) is 4.76. The maximum atomic E-state index is 13.5. The van der Waals surface area contributed by atoms with Crippen molar-refractivity contribution in [1.82, 2.24) is 9.97 Å². The fraction of sp³-hybridized carbons (Fsp3) is 0. The summed E-state index contributed by atoms with van der Waals surface area (Å²) in [5.74, 6) is -3.05. The van der Waals surface area contributed by atoms with E-state index < -0.39 is 28.0 Å². The standard InChI is InChI=1S/C10H4ClF2N3O3/c11-9-3-14-4-10(15-9)19-8-2-5(12)7(16(17)18)1-6(8)13/h1-4H. The van der Waals surface area contributed by atoms with Gasteiger partial charge in [0.2, 0.25) is 11.7 Å². The first-order chi connectivity index (χ1) is 8.97. The van der Waals surface area contributed by atoms with Gasteiger partial charge in [-0.2, -0.15) is 9.37 Å². The fourth-order valence-electron chi connectivity index (χ4n) is 1.22. The lowest BCUT2D eigenvalue weighted by Crippen LogP contribution is -1.97. The third kappa shape index (κ3) is 2.91. The molecule has 0 aliphatic heterocycles. The van der Waals surface area contributed by atoms with Gasteiger partial charge in [-0.05, 0) is 0 Å². The molecule has 0 aliphatic carbocycles. The Morgan fingerprint density at radius 3 is 2.63 bits per heavy atom. The van der Waals surface area contributed by atoms with Gasteiger partial charge < -0.3 is 4.74 Å². The fourth-order valence-corrected chi connectivity index (χ4v) is 1.36. The van der Waals surface area contributed by atoms with E-state index in [1.807, 2.05) is 0 Å². The van der Waals surface area contributed by atoms with E-state index in [1.54, 1.807) is 0 Å². The minimum absolute atomic E-state index is 0.000270. The van der Waals surface area contributed by atoms with E-state index in [4.69, 9.17) is 16.3 Å². The zero-order valence-electron chi connectivity index (χ0n) is 9.01. The van der Waals surface area contributed by atoms with Crippen molar-refractivity contribution in [3.63, 3.8) is 0 Å². The number of nitro groups is 1. The van der Waals surface area contributed by atoms with Gasteiger partial charge in [-0.1, -0.05) is 11.6 Å². The molecule has 0 radical (unpaired) electrons. The lowest BCUT2D eigenvalue weighted by molar-refractivity contribution is -0.387. The highest BCUT2D eigenvalue weighted by atomic mass is 35.5. The molecule has 0 amide bonds. The Labute approximate surface area is 109 Å². The maximum absolute atomic E-state index is 13.5. The van der Waals surface area contributed by atoms with Crippen LogP contribution in [0.25, 0.3) is 0 Å². The summed E-state index contributed by atoms with van der Waals surface area (Å²) in [5.41, 5.74) is -0.984. The van der Waals surface area contributed by atoms with Gasteiger partial charge in [0.05, 0.1) is 23.4 Å². The monoisotopic (exact) mass is 287 g/mol. The highest BCUT2D eigenvalue weighted by Crippen LogP contribution is 2.29. The molecule has 0 saturated carbocycles. The molecule has 98 valence electrons. The largest absolute Gasteiger partial charge is 0.434 e. The summed E-state index contributed by atoms with van der Waals surface area (Å²) >= 11 is 5.54. The van der Waals surface area contributed by atoms with Crippen LogP contribution < -0.4 is 4.74 Å².